The van der Waals surface area contributed by atoms with Crippen LogP contribution < -0.4 is 5.32 Å². The Morgan fingerprint density at radius 2 is 2.07 bits per heavy atom. The Balaban J connectivity index is 1.36. The number of carbonyl (C=O) groups excluding carboxylic acids is 1. The molecule has 6 nitrogen and oxygen atoms in total. The molecule has 0 spiro atoms. The van der Waals surface area contributed by atoms with Crippen molar-refractivity contribution >= 4 is 5.91 Å². The van der Waals surface area contributed by atoms with Crippen LogP contribution in [0.15, 0.2) is 39.2 Å². The Morgan fingerprint density at radius 1 is 1.22 bits per heavy atom. The number of hydrogen-bond donors (Lipinski definition) is 1. The minimum absolute atomic E-state index is 0.00629. The summed E-state index contributed by atoms with van der Waals surface area (Å²) in [5.41, 5.74) is 3.37. The Bertz CT molecular complexity index is 957. The van der Waals surface area contributed by atoms with E-state index in [9.17, 15) is 4.79 Å². The molecule has 1 N–H and O–H groups in total. The molecule has 2 heterocycles. The van der Waals surface area contributed by atoms with E-state index in [2.05, 4.69) is 33.7 Å². The molecule has 1 aliphatic carbocycles. The van der Waals surface area contributed by atoms with Crippen LogP contribution in [0, 0.1) is 13.8 Å². The summed E-state index contributed by atoms with van der Waals surface area (Å²) >= 11 is 0. The van der Waals surface area contributed by atoms with Gasteiger partial charge in [-0.05, 0) is 50.3 Å². The van der Waals surface area contributed by atoms with Crippen LogP contribution in [0.25, 0.3) is 11.5 Å². The van der Waals surface area contributed by atoms with Gasteiger partial charge in [0.25, 0.3) is 5.89 Å². The third-order valence-electron chi connectivity index (χ3n) is 5.01. The van der Waals surface area contributed by atoms with Gasteiger partial charge >= 0.3 is 0 Å². The SMILES string of the molecule is Cc1cc(-c2nnc(CCC(=O)NC3CCCc4ccccc43)o2)c(C)o1. The van der Waals surface area contributed by atoms with Crippen molar-refractivity contribution in [2.75, 3.05) is 0 Å². The molecule has 27 heavy (non-hydrogen) atoms. The summed E-state index contributed by atoms with van der Waals surface area (Å²) in [4.78, 5) is 12.4. The van der Waals surface area contributed by atoms with E-state index in [-0.39, 0.29) is 11.9 Å². The first-order chi connectivity index (χ1) is 13.1. The summed E-state index contributed by atoms with van der Waals surface area (Å²) in [5.74, 6) is 2.45. The van der Waals surface area contributed by atoms with Gasteiger partial charge in [0.2, 0.25) is 11.8 Å². The largest absolute Gasteiger partial charge is 0.466 e. The van der Waals surface area contributed by atoms with Gasteiger partial charge in [-0.15, -0.1) is 10.2 Å². The van der Waals surface area contributed by atoms with Crippen molar-refractivity contribution in [3.8, 4) is 11.5 Å². The predicted octanol–water partition coefficient (Wildman–Crippen LogP) is 4.07. The second kappa shape index (κ2) is 7.39. The van der Waals surface area contributed by atoms with Gasteiger partial charge in [0.1, 0.15) is 11.5 Å². The Kier molecular flexibility index (Phi) is 4.79. The number of hydrogen-bond acceptors (Lipinski definition) is 5. The van der Waals surface area contributed by atoms with Crippen molar-refractivity contribution < 1.29 is 13.6 Å². The predicted molar refractivity (Wildman–Crippen MR) is 100 cm³/mol. The number of amides is 1. The molecule has 2 aromatic heterocycles. The molecule has 1 amide bonds. The van der Waals surface area contributed by atoms with Crippen LogP contribution in [0.2, 0.25) is 0 Å². The lowest BCUT2D eigenvalue weighted by atomic mass is 9.87. The first-order valence-electron chi connectivity index (χ1n) is 9.37. The normalized spacial score (nSPS) is 16.1. The molecular weight excluding hydrogens is 342 g/mol. The number of aryl methyl sites for hydroxylation is 4. The number of carbonyl (C=O) groups is 1. The van der Waals surface area contributed by atoms with Crippen LogP contribution in [0.3, 0.4) is 0 Å². The van der Waals surface area contributed by atoms with Gasteiger partial charge in [-0.25, -0.2) is 0 Å². The fraction of sp³-hybridized carbons (Fsp3) is 0.381. The smallest absolute Gasteiger partial charge is 0.251 e. The number of nitrogens with one attached hydrogen (secondary N) is 1. The average molecular weight is 365 g/mol. The van der Waals surface area contributed by atoms with Crippen molar-refractivity contribution in [2.24, 2.45) is 0 Å². The zero-order valence-electron chi connectivity index (χ0n) is 15.6. The highest BCUT2D eigenvalue weighted by molar-refractivity contribution is 5.76. The van der Waals surface area contributed by atoms with E-state index in [1.165, 1.54) is 11.1 Å². The molecule has 1 atom stereocenters. The topological polar surface area (TPSA) is 81.2 Å². The zero-order chi connectivity index (χ0) is 18.8. The first-order valence-corrected chi connectivity index (χ1v) is 9.37. The minimum atomic E-state index is 0.00629. The van der Waals surface area contributed by atoms with Gasteiger partial charge in [0.05, 0.1) is 11.6 Å². The summed E-state index contributed by atoms with van der Waals surface area (Å²) in [6.45, 7) is 3.74. The van der Waals surface area contributed by atoms with Crippen LogP contribution in [-0.4, -0.2) is 16.1 Å². The van der Waals surface area contributed by atoms with Crippen LogP contribution >= 0.6 is 0 Å². The molecule has 0 fully saturated rings. The van der Waals surface area contributed by atoms with E-state index in [0.717, 1.165) is 36.3 Å². The molecular formula is C21H23N3O3. The van der Waals surface area contributed by atoms with Crippen LogP contribution in [0.5, 0.6) is 0 Å². The molecule has 0 aliphatic heterocycles. The Morgan fingerprint density at radius 3 is 2.89 bits per heavy atom. The number of furan rings is 1. The minimum Gasteiger partial charge on any atom is -0.466 e. The van der Waals surface area contributed by atoms with Gasteiger partial charge in [0, 0.05) is 12.8 Å². The van der Waals surface area contributed by atoms with E-state index in [1.54, 1.807) is 0 Å². The third kappa shape index (κ3) is 3.79. The van der Waals surface area contributed by atoms with Crippen molar-refractivity contribution in [1.82, 2.24) is 15.5 Å². The maximum Gasteiger partial charge on any atom is 0.251 e. The van der Waals surface area contributed by atoms with E-state index < -0.39 is 0 Å². The van der Waals surface area contributed by atoms with Crippen molar-refractivity contribution in [3.05, 3.63) is 58.9 Å². The molecule has 3 aromatic rings. The number of nitrogens with zero attached hydrogens (tertiary/aromatic N) is 2. The fourth-order valence-corrected chi connectivity index (χ4v) is 3.70. The second-order valence-electron chi connectivity index (χ2n) is 7.04. The number of rotatable bonds is 5. The fourth-order valence-electron chi connectivity index (χ4n) is 3.70. The monoisotopic (exact) mass is 365 g/mol. The molecule has 0 radical (unpaired) electrons. The summed E-state index contributed by atoms with van der Waals surface area (Å²) in [6.07, 6.45) is 3.90. The summed E-state index contributed by atoms with van der Waals surface area (Å²) in [5, 5.41) is 11.3. The Hall–Kier alpha value is -2.89. The van der Waals surface area contributed by atoms with E-state index >= 15 is 0 Å². The van der Waals surface area contributed by atoms with E-state index in [0.29, 0.717) is 24.6 Å². The molecule has 0 saturated carbocycles. The molecule has 0 saturated heterocycles. The summed E-state index contributed by atoms with van der Waals surface area (Å²) < 4.78 is 11.2. The molecule has 1 aliphatic rings. The van der Waals surface area contributed by atoms with Gasteiger partial charge < -0.3 is 14.2 Å². The lowest BCUT2D eigenvalue weighted by molar-refractivity contribution is -0.122. The number of fused-ring (bicyclic) bond motifs is 1. The summed E-state index contributed by atoms with van der Waals surface area (Å²) in [6, 6.07) is 10.3. The highest BCUT2D eigenvalue weighted by Crippen LogP contribution is 2.29. The first kappa shape index (κ1) is 17.5. The quantitative estimate of drug-likeness (QED) is 0.737. The van der Waals surface area contributed by atoms with Crippen molar-refractivity contribution in [1.29, 1.82) is 0 Å². The second-order valence-corrected chi connectivity index (χ2v) is 7.04. The van der Waals surface area contributed by atoms with Crippen molar-refractivity contribution in [3.63, 3.8) is 0 Å². The molecule has 1 aromatic carbocycles. The Labute approximate surface area is 158 Å². The molecule has 1 unspecified atom stereocenters. The lowest BCUT2D eigenvalue weighted by Gasteiger charge is -2.26. The maximum atomic E-state index is 12.4. The van der Waals surface area contributed by atoms with Gasteiger partial charge in [-0.3, -0.25) is 4.79 Å². The molecule has 4 rings (SSSR count). The molecule has 140 valence electrons. The van der Waals surface area contributed by atoms with Gasteiger partial charge in [-0.2, -0.15) is 0 Å². The average Bonchev–Trinajstić information content (AvgIpc) is 3.26. The highest BCUT2D eigenvalue weighted by atomic mass is 16.4. The van der Waals surface area contributed by atoms with Gasteiger partial charge in [-0.1, -0.05) is 24.3 Å². The molecule has 0 bridgehead atoms. The number of benzene rings is 1. The maximum absolute atomic E-state index is 12.4. The van der Waals surface area contributed by atoms with Crippen LogP contribution in [-0.2, 0) is 17.6 Å². The van der Waals surface area contributed by atoms with Gasteiger partial charge in [0.15, 0.2) is 0 Å². The summed E-state index contributed by atoms with van der Waals surface area (Å²) in [7, 11) is 0. The van der Waals surface area contributed by atoms with E-state index in [1.807, 2.05) is 26.0 Å². The van der Waals surface area contributed by atoms with Crippen LogP contribution in [0.1, 0.15) is 53.8 Å². The highest BCUT2D eigenvalue weighted by Gasteiger charge is 2.21. The van der Waals surface area contributed by atoms with E-state index in [4.69, 9.17) is 8.83 Å². The van der Waals surface area contributed by atoms with Crippen LogP contribution in [0.4, 0.5) is 0 Å². The third-order valence-corrected chi connectivity index (χ3v) is 5.01. The standard InChI is InChI=1S/C21H23N3O3/c1-13-12-17(14(2)26-13)21-24-23-20(27-21)11-10-19(25)22-18-9-5-7-15-6-3-4-8-16(15)18/h3-4,6,8,12,18H,5,7,9-11H2,1-2H3,(H,22,25). The zero-order valence-corrected chi connectivity index (χ0v) is 15.6. The lowest BCUT2D eigenvalue weighted by Crippen LogP contribution is -2.31. The van der Waals surface area contributed by atoms with Crippen molar-refractivity contribution in [2.45, 2.75) is 52.0 Å². The number of aromatic nitrogens is 2. The molecule has 6 heteroatoms.